The van der Waals surface area contributed by atoms with Gasteiger partial charge < -0.3 is 24.4 Å². The van der Waals surface area contributed by atoms with Gasteiger partial charge in [0.1, 0.15) is 5.60 Å². The molecule has 0 atom stereocenters. The number of morpholine rings is 1. The number of hydrogen-bond acceptors (Lipinski definition) is 5. The molecule has 2 aromatic carbocycles. The lowest BCUT2D eigenvalue weighted by atomic mass is 10.0. The maximum absolute atomic E-state index is 12.6. The molecule has 0 aromatic heterocycles. The Bertz CT molecular complexity index is 910. The highest BCUT2D eigenvalue weighted by Gasteiger charge is 2.32. The van der Waals surface area contributed by atoms with E-state index in [2.05, 4.69) is 26.1 Å². The number of fused-ring (bicyclic) bond motifs is 1. The number of rotatable bonds is 5. The molecule has 1 fully saturated rings. The average Bonchev–Trinajstić information content (AvgIpc) is 3.01. The zero-order valence-corrected chi connectivity index (χ0v) is 18.3. The largest absolute Gasteiger partial charge is 0.483 e. The van der Waals surface area contributed by atoms with Crippen LogP contribution in [-0.2, 0) is 16.0 Å². The summed E-state index contributed by atoms with van der Waals surface area (Å²) in [5.74, 6) is 1.13. The molecular formula is C22H25BrN2O4. The third-order valence-corrected chi connectivity index (χ3v) is 5.49. The first-order valence-corrected chi connectivity index (χ1v) is 10.6. The number of halogens is 1. The van der Waals surface area contributed by atoms with Gasteiger partial charge in [-0.1, -0.05) is 28.1 Å². The number of ether oxygens (including phenoxy) is 3. The first kappa shape index (κ1) is 20.0. The maximum Gasteiger partial charge on any atom is 0.262 e. The van der Waals surface area contributed by atoms with E-state index in [-0.39, 0.29) is 18.1 Å². The molecule has 2 aliphatic rings. The van der Waals surface area contributed by atoms with E-state index in [1.807, 2.05) is 50.2 Å². The first-order chi connectivity index (χ1) is 13.9. The van der Waals surface area contributed by atoms with Crippen LogP contribution in [0.1, 0.15) is 19.4 Å². The molecule has 2 aliphatic heterocycles. The van der Waals surface area contributed by atoms with Gasteiger partial charge >= 0.3 is 0 Å². The molecule has 0 bridgehead atoms. The second-order valence-electron chi connectivity index (χ2n) is 7.88. The lowest BCUT2D eigenvalue weighted by molar-refractivity contribution is -0.118. The van der Waals surface area contributed by atoms with Crippen molar-refractivity contribution >= 4 is 33.2 Å². The monoisotopic (exact) mass is 460 g/mol. The predicted molar refractivity (Wildman–Crippen MR) is 116 cm³/mol. The Morgan fingerprint density at radius 3 is 2.83 bits per heavy atom. The van der Waals surface area contributed by atoms with Gasteiger partial charge in [0.05, 0.1) is 24.6 Å². The van der Waals surface area contributed by atoms with Crippen LogP contribution in [0.2, 0.25) is 0 Å². The zero-order valence-electron chi connectivity index (χ0n) is 16.7. The van der Waals surface area contributed by atoms with E-state index in [4.69, 9.17) is 14.2 Å². The van der Waals surface area contributed by atoms with Crippen LogP contribution < -0.4 is 19.7 Å². The minimum Gasteiger partial charge on any atom is -0.483 e. The van der Waals surface area contributed by atoms with Gasteiger partial charge in [-0.25, -0.2) is 0 Å². The van der Waals surface area contributed by atoms with Crippen LogP contribution in [0.25, 0.3) is 0 Å². The van der Waals surface area contributed by atoms with Gasteiger partial charge in [-0.3, -0.25) is 4.79 Å². The molecule has 1 amide bonds. The number of amides is 1. The van der Waals surface area contributed by atoms with E-state index >= 15 is 0 Å². The SMILES string of the molecule is CC1(C)Cc2cccc(OCC(=O)Nc3cc(Br)ccc3N3CCOCC3)c2O1. The molecule has 1 saturated heterocycles. The molecule has 29 heavy (non-hydrogen) atoms. The molecule has 0 spiro atoms. The fourth-order valence-electron chi connectivity index (χ4n) is 3.72. The van der Waals surface area contributed by atoms with Crippen LogP contribution in [0.5, 0.6) is 11.5 Å². The van der Waals surface area contributed by atoms with Crippen LogP contribution in [0.3, 0.4) is 0 Å². The molecule has 1 N–H and O–H groups in total. The number of anilines is 2. The number of carbonyl (C=O) groups excluding carboxylic acids is 1. The number of nitrogens with one attached hydrogen (secondary N) is 1. The van der Waals surface area contributed by atoms with Crippen molar-refractivity contribution in [3.8, 4) is 11.5 Å². The third kappa shape index (κ3) is 4.67. The van der Waals surface area contributed by atoms with E-state index in [0.717, 1.165) is 46.7 Å². The van der Waals surface area contributed by atoms with E-state index in [0.29, 0.717) is 19.0 Å². The minimum atomic E-state index is -0.257. The molecule has 0 radical (unpaired) electrons. The van der Waals surface area contributed by atoms with Crippen molar-refractivity contribution in [1.82, 2.24) is 0 Å². The summed E-state index contributed by atoms with van der Waals surface area (Å²) in [7, 11) is 0. The topological polar surface area (TPSA) is 60.0 Å². The molecule has 4 rings (SSSR count). The summed E-state index contributed by atoms with van der Waals surface area (Å²) < 4.78 is 18.2. The summed E-state index contributed by atoms with van der Waals surface area (Å²) in [4.78, 5) is 14.8. The van der Waals surface area contributed by atoms with Gasteiger partial charge in [0, 0.05) is 29.5 Å². The number of hydrogen-bond donors (Lipinski definition) is 1. The van der Waals surface area contributed by atoms with Gasteiger partial charge in [0.25, 0.3) is 5.91 Å². The van der Waals surface area contributed by atoms with Crippen molar-refractivity contribution in [3.05, 3.63) is 46.4 Å². The average molecular weight is 461 g/mol. The van der Waals surface area contributed by atoms with Gasteiger partial charge in [-0.2, -0.15) is 0 Å². The molecule has 7 heteroatoms. The van der Waals surface area contributed by atoms with Crippen LogP contribution >= 0.6 is 15.9 Å². The van der Waals surface area contributed by atoms with Gasteiger partial charge in [0.15, 0.2) is 18.1 Å². The van der Waals surface area contributed by atoms with E-state index in [9.17, 15) is 4.79 Å². The summed E-state index contributed by atoms with van der Waals surface area (Å²) in [5, 5.41) is 2.99. The lowest BCUT2D eigenvalue weighted by Crippen LogP contribution is -2.37. The quantitative estimate of drug-likeness (QED) is 0.729. The molecule has 0 saturated carbocycles. The minimum absolute atomic E-state index is 0.0880. The Labute approximate surface area is 179 Å². The highest BCUT2D eigenvalue weighted by molar-refractivity contribution is 9.10. The van der Waals surface area contributed by atoms with Crippen molar-refractivity contribution in [1.29, 1.82) is 0 Å². The molecule has 0 unspecified atom stereocenters. The number of benzene rings is 2. The van der Waals surface area contributed by atoms with Crippen LogP contribution in [0, 0.1) is 0 Å². The fourth-order valence-corrected chi connectivity index (χ4v) is 4.08. The Hall–Kier alpha value is -2.25. The number of para-hydroxylation sites is 1. The van der Waals surface area contributed by atoms with Gasteiger partial charge in [-0.05, 0) is 38.1 Å². The second kappa shape index (κ2) is 8.24. The van der Waals surface area contributed by atoms with Gasteiger partial charge in [0.2, 0.25) is 0 Å². The van der Waals surface area contributed by atoms with E-state index < -0.39 is 0 Å². The maximum atomic E-state index is 12.6. The Balaban J connectivity index is 1.44. The summed E-state index contributed by atoms with van der Waals surface area (Å²) in [5.41, 5.74) is 2.59. The van der Waals surface area contributed by atoms with Crippen molar-refractivity contribution in [3.63, 3.8) is 0 Å². The molecule has 2 aromatic rings. The summed E-state index contributed by atoms with van der Waals surface area (Å²) in [6, 6.07) is 11.7. The van der Waals surface area contributed by atoms with Crippen molar-refractivity contribution in [2.45, 2.75) is 25.9 Å². The molecule has 154 valence electrons. The van der Waals surface area contributed by atoms with Crippen LogP contribution in [-0.4, -0.2) is 44.4 Å². The fraction of sp³-hybridized carbons (Fsp3) is 0.409. The van der Waals surface area contributed by atoms with Crippen molar-refractivity contribution in [2.24, 2.45) is 0 Å². The molecule has 0 aliphatic carbocycles. The molecule has 6 nitrogen and oxygen atoms in total. The zero-order chi connectivity index (χ0) is 20.4. The van der Waals surface area contributed by atoms with E-state index in [1.54, 1.807) is 0 Å². The molecule has 2 heterocycles. The molecular weight excluding hydrogens is 436 g/mol. The van der Waals surface area contributed by atoms with Crippen molar-refractivity contribution < 1.29 is 19.0 Å². The smallest absolute Gasteiger partial charge is 0.262 e. The first-order valence-electron chi connectivity index (χ1n) is 9.77. The lowest BCUT2D eigenvalue weighted by Gasteiger charge is -2.30. The normalized spacial score (nSPS) is 17.4. The van der Waals surface area contributed by atoms with Crippen LogP contribution in [0.15, 0.2) is 40.9 Å². The van der Waals surface area contributed by atoms with Crippen molar-refractivity contribution in [2.75, 3.05) is 43.1 Å². The number of carbonyl (C=O) groups is 1. The highest BCUT2D eigenvalue weighted by atomic mass is 79.9. The highest BCUT2D eigenvalue weighted by Crippen LogP contribution is 2.41. The summed E-state index contributed by atoms with van der Waals surface area (Å²) in [6.45, 7) is 6.96. The Morgan fingerprint density at radius 1 is 1.24 bits per heavy atom. The number of nitrogens with zero attached hydrogens (tertiary/aromatic N) is 1. The summed E-state index contributed by atoms with van der Waals surface area (Å²) >= 11 is 3.49. The Morgan fingerprint density at radius 2 is 2.03 bits per heavy atom. The Kier molecular flexibility index (Phi) is 5.69. The second-order valence-corrected chi connectivity index (χ2v) is 8.80. The van der Waals surface area contributed by atoms with E-state index in [1.165, 1.54) is 0 Å². The third-order valence-electron chi connectivity index (χ3n) is 5.00. The summed E-state index contributed by atoms with van der Waals surface area (Å²) in [6.07, 6.45) is 0.826. The van der Waals surface area contributed by atoms with Crippen LogP contribution in [0.4, 0.5) is 11.4 Å². The predicted octanol–water partition coefficient (Wildman–Crippen LogP) is 4.02. The standard InChI is InChI=1S/C22H25BrN2O4/c1-22(2)13-15-4-3-5-19(21(15)29-22)28-14-20(26)24-17-12-16(23)6-7-18(17)25-8-10-27-11-9-25/h3-7,12H,8-11,13-14H2,1-2H3,(H,24,26). The van der Waals surface area contributed by atoms with Gasteiger partial charge in [-0.15, -0.1) is 0 Å².